The number of benzene rings is 2. The minimum absolute atomic E-state index is 0.159. The molecule has 5 rings (SSSR count). The van der Waals surface area contributed by atoms with E-state index in [2.05, 4.69) is 24.4 Å². The van der Waals surface area contributed by atoms with Crippen LogP contribution >= 0.6 is 0 Å². The molecule has 0 saturated heterocycles. The second-order valence-electron chi connectivity index (χ2n) is 10.5. The second kappa shape index (κ2) is 8.77. The van der Waals surface area contributed by atoms with Crippen molar-refractivity contribution in [3.05, 3.63) is 67.8 Å². The fraction of sp³-hybridized carbons (Fsp3) is 0.538. The lowest BCUT2D eigenvalue weighted by atomic mass is 9.49. The van der Waals surface area contributed by atoms with Crippen LogP contribution in [0.1, 0.15) is 56.1 Å². The van der Waals surface area contributed by atoms with Gasteiger partial charge in [-0.05, 0) is 85.0 Å². The van der Waals surface area contributed by atoms with Crippen molar-refractivity contribution >= 4 is 17.1 Å². The van der Waals surface area contributed by atoms with Crippen molar-refractivity contribution in [2.24, 2.45) is 17.3 Å². The van der Waals surface area contributed by atoms with E-state index in [0.29, 0.717) is 23.9 Å². The van der Waals surface area contributed by atoms with E-state index in [1.807, 2.05) is 6.07 Å². The number of nitrogens with zero attached hydrogens (tertiary/aromatic N) is 2. The minimum atomic E-state index is -0.990. The van der Waals surface area contributed by atoms with Crippen molar-refractivity contribution in [1.82, 2.24) is 0 Å². The van der Waals surface area contributed by atoms with Gasteiger partial charge in [0, 0.05) is 23.9 Å². The Hall–Kier alpha value is -3.23. The molecule has 0 spiro atoms. The highest BCUT2D eigenvalue weighted by Gasteiger charge is 2.55. The maximum atomic E-state index is 15.2. The van der Waals surface area contributed by atoms with Crippen molar-refractivity contribution in [3.63, 3.8) is 0 Å². The summed E-state index contributed by atoms with van der Waals surface area (Å²) in [5.41, 5.74) is 2.06. The summed E-state index contributed by atoms with van der Waals surface area (Å²) in [5, 5.41) is 26.0. The summed E-state index contributed by atoms with van der Waals surface area (Å²) in [6.45, 7) is 2.20. The monoisotopic (exact) mass is 483 g/mol. The molecular weight excluding hydrogens is 453 g/mol. The highest BCUT2D eigenvalue weighted by molar-refractivity contribution is 5.59. The zero-order chi connectivity index (χ0) is 24.9. The number of methoxy groups -OCH3 is 1. The van der Waals surface area contributed by atoms with Crippen molar-refractivity contribution in [3.8, 4) is 5.75 Å². The molecule has 6 atom stereocenters. The fourth-order valence-electron chi connectivity index (χ4n) is 7.12. The van der Waals surface area contributed by atoms with Gasteiger partial charge in [-0.3, -0.25) is 20.2 Å². The number of nitrogens with one attached hydrogen (secondary N) is 1. The van der Waals surface area contributed by atoms with E-state index in [4.69, 9.17) is 4.74 Å². The Bertz CT molecular complexity index is 1140. The van der Waals surface area contributed by atoms with Gasteiger partial charge in [0.05, 0.1) is 23.0 Å². The van der Waals surface area contributed by atoms with Crippen LogP contribution in [0.2, 0.25) is 0 Å². The molecule has 8 nitrogen and oxygen atoms in total. The van der Waals surface area contributed by atoms with E-state index in [1.165, 1.54) is 23.3 Å². The van der Waals surface area contributed by atoms with Crippen LogP contribution in [0.3, 0.4) is 0 Å². The third-order valence-corrected chi connectivity index (χ3v) is 8.83. The first-order valence-corrected chi connectivity index (χ1v) is 12.2. The summed E-state index contributed by atoms with van der Waals surface area (Å²) in [6.07, 6.45) is 3.62. The van der Waals surface area contributed by atoms with Crippen molar-refractivity contribution in [2.45, 2.75) is 63.6 Å². The first-order chi connectivity index (χ1) is 16.7. The summed E-state index contributed by atoms with van der Waals surface area (Å²) in [7, 11) is 1.67. The Labute approximate surface area is 203 Å². The molecule has 9 heteroatoms. The zero-order valence-corrected chi connectivity index (χ0v) is 19.9. The van der Waals surface area contributed by atoms with Crippen LogP contribution in [-0.2, 0) is 6.42 Å². The molecule has 0 heterocycles. The number of hydrogen-bond donors (Lipinski definition) is 1. The molecule has 0 aromatic heterocycles. The first kappa shape index (κ1) is 23.5. The van der Waals surface area contributed by atoms with E-state index in [0.717, 1.165) is 37.5 Å². The number of halogens is 1. The average molecular weight is 484 g/mol. The van der Waals surface area contributed by atoms with Crippen LogP contribution in [0, 0.1) is 37.5 Å². The molecule has 3 aliphatic carbocycles. The van der Waals surface area contributed by atoms with Crippen molar-refractivity contribution in [2.75, 3.05) is 12.4 Å². The molecule has 186 valence electrons. The molecule has 3 aliphatic rings. The Balaban J connectivity index is 1.45. The number of anilines is 1. The number of ether oxygens (including phenoxy) is 1. The number of non-ortho nitro benzene ring substituents is 2. The zero-order valence-electron chi connectivity index (χ0n) is 19.9. The molecular formula is C26H30FN3O5. The minimum Gasteiger partial charge on any atom is -0.497 e. The molecule has 1 N–H and O–H groups in total. The maximum Gasteiger partial charge on any atom is 0.278 e. The van der Waals surface area contributed by atoms with Crippen molar-refractivity contribution < 1.29 is 19.0 Å². The quantitative estimate of drug-likeness (QED) is 0.401. The SMILES string of the molecule is COc1ccc2c(c1)CC[C@@H]1[C@@H]2CC[C@@]2(C)[C@H](Nc3cc([N+](=O)[O-])cc([N+](=O)[O-])c3)C[C@H](F)C[C@@H]12. The van der Waals surface area contributed by atoms with Gasteiger partial charge < -0.3 is 10.1 Å². The van der Waals surface area contributed by atoms with Gasteiger partial charge in [-0.2, -0.15) is 0 Å². The topological polar surface area (TPSA) is 108 Å². The predicted octanol–water partition coefficient (Wildman–Crippen LogP) is 6.19. The number of nitro groups is 2. The van der Waals surface area contributed by atoms with Gasteiger partial charge >= 0.3 is 0 Å². The van der Waals surface area contributed by atoms with E-state index < -0.39 is 16.0 Å². The molecule has 0 amide bonds. The molecule has 0 bridgehead atoms. The second-order valence-corrected chi connectivity index (χ2v) is 10.5. The number of alkyl halides is 1. The molecule has 2 saturated carbocycles. The normalized spacial score (nSPS) is 31.5. The lowest BCUT2D eigenvalue weighted by Crippen LogP contribution is -2.55. The lowest BCUT2D eigenvalue weighted by molar-refractivity contribution is -0.394. The van der Waals surface area contributed by atoms with Crippen LogP contribution in [0.15, 0.2) is 36.4 Å². The molecule has 2 aromatic carbocycles. The molecule has 2 aromatic rings. The van der Waals surface area contributed by atoms with E-state index >= 15 is 4.39 Å². The largest absolute Gasteiger partial charge is 0.497 e. The molecule has 2 fully saturated rings. The number of fused-ring (bicyclic) bond motifs is 5. The highest BCUT2D eigenvalue weighted by Crippen LogP contribution is 2.60. The summed E-state index contributed by atoms with van der Waals surface area (Å²) in [4.78, 5) is 21.4. The Kier molecular flexibility index (Phi) is 5.89. The molecule has 35 heavy (non-hydrogen) atoms. The number of hydrogen-bond acceptors (Lipinski definition) is 6. The van der Waals surface area contributed by atoms with Crippen LogP contribution < -0.4 is 10.1 Å². The summed E-state index contributed by atoms with van der Waals surface area (Å²) < 4.78 is 20.6. The van der Waals surface area contributed by atoms with E-state index in [1.54, 1.807) is 7.11 Å². The third-order valence-electron chi connectivity index (χ3n) is 8.83. The molecule has 0 aliphatic heterocycles. The third kappa shape index (κ3) is 4.10. The van der Waals surface area contributed by atoms with Gasteiger partial charge in [-0.25, -0.2) is 4.39 Å². The standard InChI is InChI=1S/C26H30FN3O5/c1-26-8-7-22-21-6-4-20(35-2)9-15(21)3-5-23(22)24(26)10-16(27)11-25(26)28-17-12-18(29(31)32)14-19(13-17)30(33)34/h4,6,9,12-14,16,22-25,28H,3,5,7-8,10-11H2,1-2H3/t16-,22-,23-,24+,25-,26-/m1/s1. The van der Waals surface area contributed by atoms with Crippen LogP contribution in [0.25, 0.3) is 0 Å². The Morgan fingerprint density at radius 2 is 1.77 bits per heavy atom. The summed E-state index contributed by atoms with van der Waals surface area (Å²) in [5.74, 6) is 1.76. The van der Waals surface area contributed by atoms with E-state index in [-0.39, 0.29) is 35.2 Å². The predicted molar refractivity (Wildman–Crippen MR) is 130 cm³/mol. The first-order valence-electron chi connectivity index (χ1n) is 12.2. The van der Waals surface area contributed by atoms with Gasteiger partial charge in [0.25, 0.3) is 11.4 Å². The van der Waals surface area contributed by atoms with Crippen LogP contribution in [0.5, 0.6) is 5.75 Å². The highest BCUT2D eigenvalue weighted by atomic mass is 19.1. The van der Waals surface area contributed by atoms with Gasteiger partial charge in [0.15, 0.2) is 0 Å². The number of nitro benzene ring substituents is 2. The Morgan fingerprint density at radius 3 is 2.43 bits per heavy atom. The van der Waals surface area contributed by atoms with Gasteiger partial charge in [0.2, 0.25) is 0 Å². The number of aryl methyl sites for hydroxylation is 1. The number of rotatable bonds is 5. The van der Waals surface area contributed by atoms with Crippen LogP contribution in [-0.4, -0.2) is 29.2 Å². The van der Waals surface area contributed by atoms with Crippen molar-refractivity contribution in [1.29, 1.82) is 0 Å². The fourth-order valence-corrected chi connectivity index (χ4v) is 7.12. The smallest absolute Gasteiger partial charge is 0.278 e. The van der Waals surface area contributed by atoms with Gasteiger partial charge in [-0.1, -0.05) is 13.0 Å². The average Bonchev–Trinajstić information content (AvgIpc) is 2.83. The van der Waals surface area contributed by atoms with Gasteiger partial charge in [0.1, 0.15) is 11.9 Å². The van der Waals surface area contributed by atoms with Gasteiger partial charge in [-0.15, -0.1) is 0 Å². The summed E-state index contributed by atoms with van der Waals surface area (Å²) in [6, 6.07) is 9.60. The lowest BCUT2D eigenvalue weighted by Gasteiger charge is -2.58. The Morgan fingerprint density at radius 1 is 1.06 bits per heavy atom. The molecule has 0 unspecified atom stereocenters. The molecule has 0 radical (unpaired) electrons. The van der Waals surface area contributed by atoms with Crippen LogP contribution in [0.4, 0.5) is 21.5 Å². The summed E-state index contributed by atoms with van der Waals surface area (Å²) >= 11 is 0. The maximum absolute atomic E-state index is 15.2. The van der Waals surface area contributed by atoms with E-state index in [9.17, 15) is 20.2 Å².